The summed E-state index contributed by atoms with van der Waals surface area (Å²) in [6.07, 6.45) is 5.57. The Bertz CT molecular complexity index is 1170. The van der Waals surface area contributed by atoms with E-state index in [1.165, 1.54) is 17.7 Å². The number of likely N-dealkylation sites (N-methyl/N-ethyl adjacent to an activating group) is 1. The van der Waals surface area contributed by atoms with Gasteiger partial charge in [-0.25, -0.2) is 19.3 Å². The number of methoxy groups -OCH3 is 1. The van der Waals surface area contributed by atoms with Gasteiger partial charge in [0.15, 0.2) is 5.82 Å². The van der Waals surface area contributed by atoms with E-state index in [0.717, 1.165) is 43.9 Å². The normalized spacial score (nSPS) is 12.2. The summed E-state index contributed by atoms with van der Waals surface area (Å²) in [5.74, 6) is 1.72. The van der Waals surface area contributed by atoms with E-state index in [1.807, 2.05) is 18.2 Å². The highest BCUT2D eigenvalue weighted by atomic mass is 19.1. The number of nitrogens with zero attached hydrogens (tertiary/aromatic N) is 6. The maximum absolute atomic E-state index is 13.3. The van der Waals surface area contributed by atoms with Gasteiger partial charge in [-0.05, 0) is 48.8 Å². The van der Waals surface area contributed by atoms with Crippen LogP contribution in [-0.2, 0) is 17.6 Å². The van der Waals surface area contributed by atoms with Gasteiger partial charge in [0.25, 0.3) is 5.95 Å². The third-order valence-corrected chi connectivity index (χ3v) is 5.94. The van der Waals surface area contributed by atoms with Crippen LogP contribution in [0.3, 0.4) is 0 Å². The highest BCUT2D eigenvalue weighted by Crippen LogP contribution is 2.18. The molecule has 0 aliphatic rings. The quantitative estimate of drug-likeness (QED) is 0.303. The van der Waals surface area contributed by atoms with Crippen molar-refractivity contribution in [3.63, 3.8) is 0 Å². The molecule has 0 saturated heterocycles. The molecule has 0 amide bonds. The van der Waals surface area contributed by atoms with Crippen LogP contribution in [-0.4, -0.2) is 56.4 Å². The van der Waals surface area contributed by atoms with Crippen LogP contribution in [0.4, 0.5) is 4.39 Å². The van der Waals surface area contributed by atoms with Crippen molar-refractivity contribution < 1.29 is 9.13 Å². The Kier molecular flexibility index (Phi) is 8.64. The summed E-state index contributed by atoms with van der Waals surface area (Å²) >= 11 is 0. The highest BCUT2D eigenvalue weighted by Gasteiger charge is 2.17. The predicted octanol–water partition coefficient (Wildman–Crippen LogP) is 4.43. The zero-order valence-corrected chi connectivity index (χ0v) is 20.2. The molecule has 182 valence electrons. The van der Waals surface area contributed by atoms with Gasteiger partial charge in [-0.2, -0.15) is 4.68 Å². The molecule has 35 heavy (non-hydrogen) atoms. The molecule has 0 aliphatic heterocycles. The predicted molar refractivity (Wildman–Crippen MR) is 133 cm³/mol. The molecule has 8 heteroatoms. The van der Waals surface area contributed by atoms with Gasteiger partial charge >= 0.3 is 0 Å². The molecule has 0 spiro atoms. The van der Waals surface area contributed by atoms with Gasteiger partial charge in [-0.1, -0.05) is 49.4 Å². The van der Waals surface area contributed by atoms with Gasteiger partial charge in [-0.3, -0.25) is 0 Å². The lowest BCUT2D eigenvalue weighted by molar-refractivity contribution is 0.0647. The molecular formula is C27H31FN6O. The summed E-state index contributed by atoms with van der Waals surface area (Å²) in [6.45, 7) is 4.82. The molecule has 2 aromatic heterocycles. The Labute approximate surface area is 205 Å². The molecule has 0 bridgehead atoms. The van der Waals surface area contributed by atoms with Crippen molar-refractivity contribution >= 4 is 0 Å². The van der Waals surface area contributed by atoms with E-state index in [9.17, 15) is 4.39 Å². The van der Waals surface area contributed by atoms with Crippen molar-refractivity contribution in [3.05, 3.63) is 102 Å². The summed E-state index contributed by atoms with van der Waals surface area (Å²) in [5.41, 5.74) is 2.13. The van der Waals surface area contributed by atoms with E-state index in [-0.39, 0.29) is 11.9 Å². The van der Waals surface area contributed by atoms with Gasteiger partial charge in [0, 0.05) is 38.9 Å². The van der Waals surface area contributed by atoms with Gasteiger partial charge in [-0.15, -0.1) is 5.10 Å². The summed E-state index contributed by atoms with van der Waals surface area (Å²) in [6, 6.07) is 18.5. The largest absolute Gasteiger partial charge is 0.375 e. The van der Waals surface area contributed by atoms with Crippen molar-refractivity contribution in [2.75, 3.05) is 26.7 Å². The monoisotopic (exact) mass is 474 g/mol. The third kappa shape index (κ3) is 6.77. The molecule has 7 nitrogen and oxygen atoms in total. The zero-order chi connectivity index (χ0) is 24.5. The molecule has 4 rings (SSSR count). The molecule has 0 fully saturated rings. The second-order valence-corrected chi connectivity index (χ2v) is 8.34. The number of aromatic nitrogens is 5. The maximum atomic E-state index is 13.3. The van der Waals surface area contributed by atoms with Crippen LogP contribution >= 0.6 is 0 Å². The Morgan fingerprint density at radius 1 is 1.00 bits per heavy atom. The smallest absolute Gasteiger partial charge is 0.252 e. The fraction of sp³-hybridized carbons (Fsp3) is 0.333. The first kappa shape index (κ1) is 24.6. The van der Waals surface area contributed by atoms with Crippen LogP contribution in [0.15, 0.2) is 73.1 Å². The average Bonchev–Trinajstić information content (AvgIpc) is 3.30. The first-order valence-electron chi connectivity index (χ1n) is 11.9. The second-order valence-electron chi connectivity index (χ2n) is 8.34. The van der Waals surface area contributed by atoms with E-state index in [2.05, 4.69) is 39.0 Å². The lowest BCUT2D eigenvalue weighted by Gasteiger charge is -2.26. The summed E-state index contributed by atoms with van der Waals surface area (Å²) in [7, 11) is 1.76. The number of aryl methyl sites for hydroxylation is 1. The van der Waals surface area contributed by atoms with E-state index in [4.69, 9.17) is 9.72 Å². The number of benzene rings is 2. The fourth-order valence-electron chi connectivity index (χ4n) is 4.03. The molecule has 0 saturated carbocycles. The molecule has 1 atom stereocenters. The zero-order valence-electron chi connectivity index (χ0n) is 20.2. The second kappa shape index (κ2) is 12.3. The number of hydrogen-bond acceptors (Lipinski definition) is 6. The molecule has 0 radical (unpaired) electrons. The number of hydrogen-bond donors (Lipinski definition) is 0. The number of halogens is 1. The van der Waals surface area contributed by atoms with Crippen LogP contribution in [0.25, 0.3) is 5.95 Å². The van der Waals surface area contributed by atoms with Gasteiger partial charge in [0.05, 0.1) is 6.10 Å². The molecular weight excluding hydrogens is 443 g/mol. The van der Waals surface area contributed by atoms with E-state index < -0.39 is 0 Å². The van der Waals surface area contributed by atoms with Crippen LogP contribution in [0, 0.1) is 5.82 Å². The maximum Gasteiger partial charge on any atom is 0.252 e. The minimum atomic E-state index is -0.255. The molecule has 2 aromatic carbocycles. The third-order valence-electron chi connectivity index (χ3n) is 5.94. The van der Waals surface area contributed by atoms with Crippen molar-refractivity contribution in [1.82, 2.24) is 29.6 Å². The minimum absolute atomic E-state index is 0.0276. The van der Waals surface area contributed by atoms with Crippen molar-refractivity contribution in [3.8, 4) is 5.95 Å². The van der Waals surface area contributed by atoms with Crippen LogP contribution < -0.4 is 0 Å². The minimum Gasteiger partial charge on any atom is -0.375 e. The lowest BCUT2D eigenvalue weighted by Crippen LogP contribution is -2.30. The SMILES string of the molecule is CCN(CCCc1nc(Cc2ccc(F)cc2)nn1-c1ncccn1)C[C@H](OC)c1ccccc1. The first-order valence-corrected chi connectivity index (χ1v) is 11.9. The van der Waals surface area contributed by atoms with E-state index in [1.54, 1.807) is 42.4 Å². The van der Waals surface area contributed by atoms with Crippen molar-refractivity contribution in [1.29, 1.82) is 0 Å². The van der Waals surface area contributed by atoms with Gasteiger partial charge in [0.2, 0.25) is 0 Å². The first-order chi connectivity index (χ1) is 17.2. The summed E-state index contributed by atoms with van der Waals surface area (Å²) in [5, 5.41) is 4.67. The lowest BCUT2D eigenvalue weighted by atomic mass is 10.1. The molecule has 0 unspecified atom stereocenters. The Morgan fingerprint density at radius 3 is 2.43 bits per heavy atom. The van der Waals surface area contributed by atoms with Crippen LogP contribution in [0.1, 0.15) is 42.2 Å². The molecule has 0 aliphatic carbocycles. The van der Waals surface area contributed by atoms with Gasteiger partial charge < -0.3 is 9.64 Å². The number of ether oxygens (including phenoxy) is 1. The Morgan fingerprint density at radius 2 is 1.74 bits per heavy atom. The highest BCUT2D eigenvalue weighted by molar-refractivity contribution is 5.21. The van der Waals surface area contributed by atoms with E-state index >= 15 is 0 Å². The van der Waals surface area contributed by atoms with Crippen LogP contribution in [0.5, 0.6) is 0 Å². The summed E-state index contributed by atoms with van der Waals surface area (Å²) in [4.78, 5) is 15.9. The number of rotatable bonds is 12. The Balaban J connectivity index is 1.44. The van der Waals surface area contributed by atoms with E-state index in [0.29, 0.717) is 18.2 Å². The topological polar surface area (TPSA) is 69.0 Å². The molecule has 4 aromatic rings. The van der Waals surface area contributed by atoms with Crippen molar-refractivity contribution in [2.24, 2.45) is 0 Å². The summed E-state index contributed by atoms with van der Waals surface area (Å²) < 4.78 is 20.8. The Hall–Kier alpha value is -3.49. The fourth-order valence-corrected chi connectivity index (χ4v) is 4.03. The molecule has 0 N–H and O–H groups in total. The van der Waals surface area contributed by atoms with Crippen molar-refractivity contribution in [2.45, 2.75) is 32.3 Å². The van der Waals surface area contributed by atoms with Crippen LogP contribution in [0.2, 0.25) is 0 Å². The van der Waals surface area contributed by atoms with Gasteiger partial charge in [0.1, 0.15) is 11.6 Å². The average molecular weight is 475 g/mol. The standard InChI is InChI=1S/C27H31FN6O/c1-3-33(20-24(35-2)22-9-5-4-6-10-22)18-7-11-26-31-25(19-21-12-14-23(28)15-13-21)32-34(26)27-29-16-8-17-30-27/h4-6,8-10,12-17,24H,3,7,11,18-20H2,1-2H3/t24-/m0/s1. The molecule has 2 heterocycles.